The van der Waals surface area contributed by atoms with Gasteiger partial charge in [0.15, 0.2) is 0 Å². The lowest BCUT2D eigenvalue weighted by Crippen LogP contribution is -2.45. The summed E-state index contributed by atoms with van der Waals surface area (Å²) in [4.78, 5) is 0. The van der Waals surface area contributed by atoms with Gasteiger partial charge in [-0.05, 0) is 62.2 Å². The van der Waals surface area contributed by atoms with Crippen LogP contribution in [0.4, 0.5) is 0 Å². The van der Waals surface area contributed by atoms with Gasteiger partial charge < -0.3 is 5.32 Å². The Morgan fingerprint density at radius 3 is 2.05 bits per heavy atom. The maximum absolute atomic E-state index is 4.07. The standard InChI is InChI=1S/C20H39N/c1-5-19(16-10-8-7-9-11-16)21-18-14-12-17(13-15-18)20(3,4)6-2/h16-19,21H,5-15H2,1-4H3. The van der Waals surface area contributed by atoms with Crippen LogP contribution in [-0.4, -0.2) is 12.1 Å². The van der Waals surface area contributed by atoms with Crippen LogP contribution in [0, 0.1) is 17.3 Å². The highest BCUT2D eigenvalue weighted by Crippen LogP contribution is 2.40. The van der Waals surface area contributed by atoms with Gasteiger partial charge >= 0.3 is 0 Å². The Balaban J connectivity index is 1.79. The van der Waals surface area contributed by atoms with E-state index in [2.05, 4.69) is 33.0 Å². The second kappa shape index (κ2) is 7.99. The van der Waals surface area contributed by atoms with Gasteiger partial charge in [-0.1, -0.05) is 53.4 Å². The zero-order chi connectivity index (χ0) is 15.3. The summed E-state index contributed by atoms with van der Waals surface area (Å²) in [6.45, 7) is 9.70. The molecule has 21 heavy (non-hydrogen) atoms. The molecule has 2 rings (SSSR count). The van der Waals surface area contributed by atoms with Crippen LogP contribution in [0.15, 0.2) is 0 Å². The van der Waals surface area contributed by atoms with E-state index in [1.54, 1.807) is 0 Å². The molecule has 1 heteroatoms. The van der Waals surface area contributed by atoms with Crippen LogP contribution in [0.25, 0.3) is 0 Å². The summed E-state index contributed by atoms with van der Waals surface area (Å²) in [5.41, 5.74) is 0.554. The molecule has 1 atom stereocenters. The van der Waals surface area contributed by atoms with Crippen LogP contribution in [-0.2, 0) is 0 Å². The predicted octanol–water partition coefficient (Wildman–Crippen LogP) is 5.93. The zero-order valence-electron chi connectivity index (χ0n) is 15.1. The average molecular weight is 294 g/mol. The van der Waals surface area contributed by atoms with E-state index >= 15 is 0 Å². The van der Waals surface area contributed by atoms with E-state index in [0.717, 1.165) is 23.9 Å². The molecule has 0 aromatic heterocycles. The molecular weight excluding hydrogens is 254 g/mol. The Morgan fingerprint density at radius 1 is 0.905 bits per heavy atom. The van der Waals surface area contributed by atoms with Gasteiger partial charge in [0.2, 0.25) is 0 Å². The quantitative estimate of drug-likeness (QED) is 0.640. The smallest absolute Gasteiger partial charge is 0.00952 e. The van der Waals surface area contributed by atoms with Crippen molar-refractivity contribution in [2.45, 2.75) is 110 Å². The molecular formula is C20H39N. The van der Waals surface area contributed by atoms with E-state index in [0.29, 0.717) is 5.41 Å². The van der Waals surface area contributed by atoms with Crippen molar-refractivity contribution in [3.8, 4) is 0 Å². The molecule has 2 aliphatic rings. The second-order valence-electron chi connectivity index (χ2n) is 8.47. The Hall–Kier alpha value is -0.0400. The third-order valence-corrected chi connectivity index (χ3v) is 6.85. The number of rotatable bonds is 6. The zero-order valence-corrected chi connectivity index (χ0v) is 15.1. The topological polar surface area (TPSA) is 12.0 Å². The largest absolute Gasteiger partial charge is 0.311 e. The molecule has 0 spiro atoms. The van der Waals surface area contributed by atoms with E-state index in [-0.39, 0.29) is 0 Å². The van der Waals surface area contributed by atoms with Gasteiger partial charge in [0, 0.05) is 12.1 Å². The summed E-state index contributed by atoms with van der Waals surface area (Å²) in [6, 6.07) is 1.60. The molecule has 1 nitrogen and oxygen atoms in total. The van der Waals surface area contributed by atoms with Crippen LogP contribution in [0.3, 0.4) is 0 Å². The third kappa shape index (κ3) is 4.71. The van der Waals surface area contributed by atoms with Crippen LogP contribution in [0.2, 0.25) is 0 Å². The van der Waals surface area contributed by atoms with Gasteiger partial charge in [-0.2, -0.15) is 0 Å². The van der Waals surface area contributed by atoms with Gasteiger partial charge in [-0.25, -0.2) is 0 Å². The summed E-state index contributed by atoms with van der Waals surface area (Å²) in [6.07, 6.45) is 15.7. The lowest BCUT2D eigenvalue weighted by molar-refractivity contribution is 0.127. The van der Waals surface area contributed by atoms with Crippen molar-refractivity contribution in [1.82, 2.24) is 5.32 Å². The van der Waals surface area contributed by atoms with E-state index in [1.807, 2.05) is 0 Å². The van der Waals surface area contributed by atoms with Crippen LogP contribution < -0.4 is 5.32 Å². The maximum Gasteiger partial charge on any atom is 0.00952 e. The Bertz CT molecular complexity index is 282. The van der Waals surface area contributed by atoms with E-state index < -0.39 is 0 Å². The molecule has 1 unspecified atom stereocenters. The summed E-state index contributed by atoms with van der Waals surface area (Å²) in [5.74, 6) is 1.92. The lowest BCUT2D eigenvalue weighted by atomic mass is 9.68. The molecule has 2 aliphatic carbocycles. The molecule has 0 aliphatic heterocycles. The SMILES string of the molecule is CCC(NC1CCC(C(C)(C)CC)CC1)C1CCCCC1. The molecule has 0 amide bonds. The fraction of sp³-hybridized carbons (Fsp3) is 1.00. The molecule has 124 valence electrons. The van der Waals surface area contributed by atoms with Crippen LogP contribution in [0.5, 0.6) is 0 Å². The Morgan fingerprint density at radius 2 is 1.52 bits per heavy atom. The monoisotopic (exact) mass is 293 g/mol. The molecule has 0 aromatic rings. The van der Waals surface area contributed by atoms with E-state index in [4.69, 9.17) is 0 Å². The van der Waals surface area contributed by atoms with Gasteiger partial charge in [-0.15, -0.1) is 0 Å². The minimum Gasteiger partial charge on any atom is -0.311 e. The van der Waals surface area contributed by atoms with Crippen molar-refractivity contribution in [2.75, 3.05) is 0 Å². The van der Waals surface area contributed by atoms with Crippen molar-refractivity contribution in [1.29, 1.82) is 0 Å². The molecule has 2 saturated carbocycles. The molecule has 0 bridgehead atoms. The minimum absolute atomic E-state index is 0.554. The van der Waals surface area contributed by atoms with Gasteiger partial charge in [0.1, 0.15) is 0 Å². The van der Waals surface area contributed by atoms with Crippen LogP contribution in [0.1, 0.15) is 98.3 Å². The number of hydrogen-bond acceptors (Lipinski definition) is 1. The Kier molecular flexibility index (Phi) is 6.59. The van der Waals surface area contributed by atoms with Crippen molar-refractivity contribution in [2.24, 2.45) is 17.3 Å². The van der Waals surface area contributed by atoms with Crippen molar-refractivity contribution < 1.29 is 0 Å². The molecule has 0 heterocycles. The maximum atomic E-state index is 4.07. The summed E-state index contributed by atoms with van der Waals surface area (Å²) < 4.78 is 0. The van der Waals surface area contributed by atoms with Gasteiger partial charge in [0.25, 0.3) is 0 Å². The first-order valence-electron chi connectivity index (χ1n) is 9.82. The van der Waals surface area contributed by atoms with E-state index in [9.17, 15) is 0 Å². The van der Waals surface area contributed by atoms with E-state index in [1.165, 1.54) is 70.6 Å². The normalized spacial score (nSPS) is 30.3. The molecule has 2 fully saturated rings. The predicted molar refractivity (Wildman–Crippen MR) is 93.6 cm³/mol. The van der Waals surface area contributed by atoms with Crippen LogP contribution >= 0.6 is 0 Å². The fourth-order valence-electron chi connectivity index (χ4n) is 4.76. The fourth-order valence-corrected chi connectivity index (χ4v) is 4.76. The van der Waals surface area contributed by atoms with Crippen molar-refractivity contribution >= 4 is 0 Å². The first kappa shape index (κ1) is 17.3. The van der Waals surface area contributed by atoms with Gasteiger partial charge in [0.05, 0.1) is 0 Å². The van der Waals surface area contributed by atoms with Crippen molar-refractivity contribution in [3.05, 3.63) is 0 Å². The molecule has 0 radical (unpaired) electrons. The molecule has 1 N–H and O–H groups in total. The average Bonchev–Trinajstić information content (AvgIpc) is 2.54. The first-order chi connectivity index (χ1) is 10.1. The lowest BCUT2D eigenvalue weighted by Gasteiger charge is -2.41. The Labute approximate surface area is 133 Å². The highest BCUT2D eigenvalue weighted by molar-refractivity contribution is 4.88. The number of nitrogens with one attached hydrogen (secondary N) is 1. The number of hydrogen-bond donors (Lipinski definition) is 1. The molecule has 0 saturated heterocycles. The minimum atomic E-state index is 0.554. The third-order valence-electron chi connectivity index (χ3n) is 6.85. The second-order valence-corrected chi connectivity index (χ2v) is 8.47. The van der Waals surface area contributed by atoms with Crippen molar-refractivity contribution in [3.63, 3.8) is 0 Å². The highest BCUT2D eigenvalue weighted by atomic mass is 15.0. The molecule has 0 aromatic carbocycles. The summed E-state index contributed by atoms with van der Waals surface area (Å²) in [7, 11) is 0. The highest BCUT2D eigenvalue weighted by Gasteiger charge is 2.33. The van der Waals surface area contributed by atoms with Gasteiger partial charge in [-0.3, -0.25) is 0 Å². The summed E-state index contributed by atoms with van der Waals surface area (Å²) in [5, 5.41) is 4.07. The first-order valence-corrected chi connectivity index (χ1v) is 9.82. The summed E-state index contributed by atoms with van der Waals surface area (Å²) >= 11 is 0.